The first-order valence-corrected chi connectivity index (χ1v) is 5.82. The Kier molecular flexibility index (Phi) is 4.14. The molecule has 1 unspecified atom stereocenters. The van der Waals surface area contributed by atoms with Gasteiger partial charge in [0.2, 0.25) is 0 Å². The van der Waals surface area contributed by atoms with Crippen molar-refractivity contribution < 1.29 is 4.79 Å². The fraction of sp³-hybridized carbons (Fsp3) is 0.364. The van der Waals surface area contributed by atoms with Gasteiger partial charge >= 0.3 is 0 Å². The van der Waals surface area contributed by atoms with Gasteiger partial charge in [0.15, 0.2) is 5.78 Å². The van der Waals surface area contributed by atoms with Crippen molar-refractivity contribution in [3.8, 4) is 0 Å². The normalized spacial score (nSPS) is 12.6. The van der Waals surface area contributed by atoms with E-state index in [-0.39, 0.29) is 10.6 Å². The lowest BCUT2D eigenvalue weighted by atomic mass is 10.0. The number of aryl methyl sites for hydroxylation is 1. The summed E-state index contributed by atoms with van der Waals surface area (Å²) >= 11 is 9.13. The van der Waals surface area contributed by atoms with Crippen LogP contribution in [0.3, 0.4) is 0 Å². The highest BCUT2D eigenvalue weighted by Gasteiger charge is 2.15. The molecule has 0 aromatic heterocycles. The predicted octanol–water partition coefficient (Wildman–Crippen LogP) is 3.87. The second-order valence-corrected chi connectivity index (χ2v) is 4.95. The van der Waals surface area contributed by atoms with Crippen molar-refractivity contribution in [3.63, 3.8) is 0 Å². The maximum Gasteiger partial charge on any atom is 0.176 e. The molecule has 0 N–H and O–H groups in total. The van der Waals surface area contributed by atoms with Crippen LogP contribution in [0.25, 0.3) is 0 Å². The van der Waals surface area contributed by atoms with Crippen LogP contribution in [0.1, 0.15) is 29.8 Å². The highest BCUT2D eigenvalue weighted by molar-refractivity contribution is 9.10. The van der Waals surface area contributed by atoms with Crippen molar-refractivity contribution in [1.29, 1.82) is 0 Å². The van der Waals surface area contributed by atoms with Crippen molar-refractivity contribution in [2.45, 2.75) is 25.1 Å². The molecule has 0 aliphatic rings. The summed E-state index contributed by atoms with van der Waals surface area (Å²) < 4.78 is 0. The Morgan fingerprint density at radius 1 is 1.57 bits per heavy atom. The molecule has 14 heavy (non-hydrogen) atoms. The van der Waals surface area contributed by atoms with Crippen LogP contribution < -0.4 is 0 Å². The number of hydrogen-bond donors (Lipinski definition) is 0. The lowest BCUT2D eigenvalue weighted by Crippen LogP contribution is -2.12. The third-order valence-corrected chi connectivity index (χ3v) is 2.73. The number of carbonyl (C=O) groups is 1. The molecule has 3 heteroatoms. The summed E-state index contributed by atoms with van der Waals surface area (Å²) in [5, 5.41) is 0.610. The Bertz CT molecular complexity index is 347. The zero-order valence-electron chi connectivity index (χ0n) is 8.18. The van der Waals surface area contributed by atoms with Crippen LogP contribution in [-0.4, -0.2) is 10.6 Å². The molecule has 0 aliphatic heterocycles. The Morgan fingerprint density at radius 3 is 2.71 bits per heavy atom. The van der Waals surface area contributed by atoms with Gasteiger partial charge in [-0.15, -0.1) is 0 Å². The van der Waals surface area contributed by atoms with E-state index in [0.29, 0.717) is 5.02 Å². The average Bonchev–Trinajstić information content (AvgIpc) is 2.16. The molecule has 0 heterocycles. The summed E-state index contributed by atoms with van der Waals surface area (Å²) in [7, 11) is 0. The lowest BCUT2D eigenvalue weighted by Gasteiger charge is -2.08. The predicted molar refractivity (Wildman–Crippen MR) is 63.5 cm³/mol. The molecule has 76 valence electrons. The molecule has 0 radical (unpaired) electrons. The first-order valence-electron chi connectivity index (χ1n) is 4.53. The molecule has 0 saturated heterocycles. The van der Waals surface area contributed by atoms with E-state index in [9.17, 15) is 4.79 Å². The zero-order chi connectivity index (χ0) is 10.7. The highest BCUT2D eigenvalue weighted by atomic mass is 79.9. The summed E-state index contributed by atoms with van der Waals surface area (Å²) in [5.41, 5.74) is 1.77. The van der Waals surface area contributed by atoms with E-state index in [0.717, 1.165) is 17.5 Å². The van der Waals surface area contributed by atoms with Gasteiger partial charge in [-0.25, -0.2) is 0 Å². The molecule has 1 aromatic rings. The molecule has 1 aromatic carbocycles. The first-order chi connectivity index (χ1) is 6.56. The maximum atomic E-state index is 11.8. The largest absolute Gasteiger partial charge is 0.293 e. The summed E-state index contributed by atoms with van der Waals surface area (Å²) in [6.45, 7) is 3.85. The number of alkyl halides is 1. The van der Waals surface area contributed by atoms with Crippen LogP contribution in [-0.2, 0) is 6.42 Å². The molecule has 0 saturated carbocycles. The van der Waals surface area contributed by atoms with Gasteiger partial charge in [-0.05, 0) is 31.0 Å². The second-order valence-electron chi connectivity index (χ2n) is 3.14. The molecule has 0 spiro atoms. The van der Waals surface area contributed by atoms with Gasteiger partial charge < -0.3 is 0 Å². The fourth-order valence-corrected chi connectivity index (χ4v) is 1.72. The highest BCUT2D eigenvalue weighted by Crippen LogP contribution is 2.20. The van der Waals surface area contributed by atoms with Crippen LogP contribution in [0, 0.1) is 0 Å². The molecule has 1 nitrogen and oxygen atoms in total. The van der Waals surface area contributed by atoms with Gasteiger partial charge in [0.1, 0.15) is 0 Å². The quantitative estimate of drug-likeness (QED) is 0.604. The number of hydrogen-bond acceptors (Lipinski definition) is 1. The third-order valence-electron chi connectivity index (χ3n) is 2.08. The van der Waals surface area contributed by atoms with Gasteiger partial charge in [-0.1, -0.05) is 40.5 Å². The third kappa shape index (κ3) is 2.58. The number of halogens is 2. The van der Waals surface area contributed by atoms with Crippen LogP contribution in [0.5, 0.6) is 0 Å². The Balaban J connectivity index is 3.17. The van der Waals surface area contributed by atoms with Crippen LogP contribution in [0.15, 0.2) is 18.2 Å². The topological polar surface area (TPSA) is 17.1 Å². The van der Waals surface area contributed by atoms with E-state index in [1.54, 1.807) is 6.07 Å². The first kappa shape index (κ1) is 11.7. The molecule has 0 fully saturated rings. The van der Waals surface area contributed by atoms with E-state index in [1.807, 2.05) is 26.0 Å². The number of rotatable bonds is 3. The van der Waals surface area contributed by atoms with Crippen molar-refractivity contribution in [3.05, 3.63) is 34.3 Å². The Hall–Kier alpha value is -0.340. The number of ketones is 1. The molecule has 1 atom stereocenters. The van der Waals surface area contributed by atoms with E-state index < -0.39 is 0 Å². The average molecular weight is 276 g/mol. The lowest BCUT2D eigenvalue weighted by molar-refractivity contribution is 0.0995. The van der Waals surface area contributed by atoms with E-state index >= 15 is 0 Å². The van der Waals surface area contributed by atoms with E-state index in [2.05, 4.69) is 15.9 Å². The van der Waals surface area contributed by atoms with Gasteiger partial charge in [0.05, 0.1) is 4.83 Å². The summed E-state index contributed by atoms with van der Waals surface area (Å²) in [5.74, 6) is 0.0874. The minimum atomic E-state index is -0.161. The van der Waals surface area contributed by atoms with Crippen molar-refractivity contribution in [2.75, 3.05) is 0 Å². The zero-order valence-corrected chi connectivity index (χ0v) is 10.5. The van der Waals surface area contributed by atoms with Gasteiger partial charge in [-0.2, -0.15) is 0 Å². The smallest absolute Gasteiger partial charge is 0.176 e. The number of Topliss-reactive ketones (excluding diaryl/α,β-unsaturated/α-hetero) is 1. The summed E-state index contributed by atoms with van der Waals surface area (Å²) in [4.78, 5) is 11.6. The molecular weight excluding hydrogens is 263 g/mol. The van der Waals surface area contributed by atoms with E-state index in [4.69, 9.17) is 11.6 Å². The summed E-state index contributed by atoms with van der Waals surface area (Å²) in [6.07, 6.45) is 0.845. The maximum absolute atomic E-state index is 11.8. The number of benzene rings is 1. The minimum absolute atomic E-state index is 0.0874. The van der Waals surface area contributed by atoms with Gasteiger partial charge in [0.25, 0.3) is 0 Å². The molecule has 0 bridgehead atoms. The standard InChI is InChI=1S/C11H12BrClO/c1-3-8-4-5-9(13)6-10(8)11(14)7(2)12/h4-7H,3H2,1-2H3. The minimum Gasteiger partial charge on any atom is -0.293 e. The monoisotopic (exact) mass is 274 g/mol. The molecule has 0 aliphatic carbocycles. The molecular formula is C11H12BrClO. The van der Waals surface area contributed by atoms with Gasteiger partial charge in [-0.3, -0.25) is 4.79 Å². The van der Waals surface area contributed by atoms with Crippen LogP contribution in [0.2, 0.25) is 5.02 Å². The van der Waals surface area contributed by atoms with E-state index in [1.165, 1.54) is 0 Å². The SMILES string of the molecule is CCc1ccc(Cl)cc1C(=O)C(C)Br. The van der Waals surface area contributed by atoms with Gasteiger partial charge in [0, 0.05) is 10.6 Å². The van der Waals surface area contributed by atoms with Crippen molar-refractivity contribution in [1.82, 2.24) is 0 Å². The molecule has 1 rings (SSSR count). The van der Waals surface area contributed by atoms with Crippen LogP contribution in [0.4, 0.5) is 0 Å². The second kappa shape index (κ2) is 4.94. The summed E-state index contributed by atoms with van der Waals surface area (Å²) in [6, 6.07) is 5.46. The van der Waals surface area contributed by atoms with Crippen molar-refractivity contribution in [2.24, 2.45) is 0 Å². The van der Waals surface area contributed by atoms with Crippen LogP contribution >= 0.6 is 27.5 Å². The molecule has 0 amide bonds. The Labute approximate surface area is 97.6 Å². The van der Waals surface area contributed by atoms with Crippen molar-refractivity contribution >= 4 is 33.3 Å². The fourth-order valence-electron chi connectivity index (χ4n) is 1.30. The number of carbonyl (C=O) groups excluding carboxylic acids is 1. The Morgan fingerprint density at radius 2 is 2.21 bits per heavy atom.